The fraction of sp³-hybridized carbons (Fsp3) is 0.130. The van der Waals surface area contributed by atoms with Crippen molar-refractivity contribution >= 4 is 16.8 Å². The van der Waals surface area contributed by atoms with Crippen molar-refractivity contribution < 1.29 is 35.6 Å². The Hall–Kier alpha value is -4.35. The lowest BCUT2D eigenvalue weighted by Crippen LogP contribution is -2.18. The molecule has 0 atom stereocenters. The van der Waals surface area contributed by atoms with Gasteiger partial charge in [0.1, 0.15) is 17.1 Å². The van der Waals surface area contributed by atoms with E-state index in [1.54, 1.807) is 0 Å². The Bertz CT molecular complexity index is 1670. The van der Waals surface area contributed by atoms with Crippen LogP contribution in [0, 0.1) is 25.4 Å². The Balaban J connectivity index is 2.03. The number of nitrogens with zero attached hydrogens (tertiary/aromatic N) is 2. The van der Waals surface area contributed by atoms with Gasteiger partial charge in [-0.3, -0.25) is 14.6 Å². The van der Waals surface area contributed by atoms with Crippen LogP contribution in [-0.4, -0.2) is 20.9 Å². The van der Waals surface area contributed by atoms with Crippen molar-refractivity contribution in [2.75, 3.05) is 0 Å². The van der Waals surface area contributed by atoms with Crippen LogP contribution in [0.5, 0.6) is 11.5 Å². The molecule has 4 aromatic rings. The number of nitrogens with two attached hydrogens (primary N) is 1. The first-order chi connectivity index (χ1) is 17.6. The van der Waals surface area contributed by atoms with Crippen LogP contribution in [0.15, 0.2) is 41.5 Å². The number of primary amides is 1. The number of benzene rings is 1. The Labute approximate surface area is 197 Å². The number of carbonyl (C=O) groups excluding carboxylic acids is 1. The molecule has 0 saturated heterocycles. The Kier molecular flexibility index (Phi) is 4.85. The van der Waals surface area contributed by atoms with Gasteiger partial charge >= 0.3 is 6.18 Å². The number of halogens is 5. The lowest BCUT2D eigenvalue weighted by molar-refractivity contribution is -0.141. The number of hydrogen-bond acceptors (Lipinski definition) is 5. The zero-order valence-electron chi connectivity index (χ0n) is 20.6. The molecular weight excluding hydrogens is 475 g/mol. The van der Waals surface area contributed by atoms with Gasteiger partial charge in [-0.05, 0) is 37.5 Å². The first kappa shape index (κ1) is 20.1. The molecule has 0 saturated carbocycles. The molecule has 0 bridgehead atoms. The van der Waals surface area contributed by atoms with Crippen molar-refractivity contribution in [2.24, 2.45) is 5.73 Å². The third-order valence-corrected chi connectivity index (χ3v) is 5.08. The maximum absolute atomic E-state index is 14.4. The van der Waals surface area contributed by atoms with E-state index in [4.69, 9.17) is 14.6 Å². The van der Waals surface area contributed by atoms with Crippen molar-refractivity contribution in [2.45, 2.75) is 20.0 Å². The number of hydrogen-bond donors (Lipinski definition) is 2. The van der Waals surface area contributed by atoms with E-state index < -0.39 is 64.3 Å². The number of nitrogens with one attached hydrogen (secondary N) is 1. The van der Waals surface area contributed by atoms with Crippen molar-refractivity contribution in [3.63, 3.8) is 0 Å². The zero-order chi connectivity index (χ0) is 28.2. The normalized spacial score (nSPS) is 13.3. The van der Waals surface area contributed by atoms with Gasteiger partial charge in [-0.15, -0.1) is 0 Å². The zero-order valence-corrected chi connectivity index (χ0v) is 17.6. The molecule has 12 heteroatoms. The number of ether oxygens (including phenoxy) is 1. The standard InChI is InChI=1S/C23H15F5N4O3/c1-9-15(4-3-11(24)19(9)25)35-16-8-31-21(23(26,27)28)10(2)17(16)13-7-14(33)18-12(32-13)5-6-30-20(18)22(29)34/h3-8H,1-2H3,(H2,29,34)(H,32,33)/i1D3. The highest BCUT2D eigenvalue weighted by Crippen LogP contribution is 2.41. The van der Waals surface area contributed by atoms with E-state index in [0.717, 1.165) is 25.3 Å². The predicted molar refractivity (Wildman–Crippen MR) is 115 cm³/mol. The largest absolute Gasteiger partial charge is 0.455 e. The molecule has 3 N–H and O–H groups in total. The number of aromatic amines is 1. The summed E-state index contributed by atoms with van der Waals surface area (Å²) in [4.78, 5) is 34.5. The fourth-order valence-corrected chi connectivity index (χ4v) is 3.54. The monoisotopic (exact) mass is 493 g/mol. The SMILES string of the molecule is [2H]C([2H])([2H])c1c(Oc2cnc(C(F)(F)F)c(C)c2-c2cc(=O)c3c(C(N)=O)nccc3[nH]2)ccc(F)c1F. The molecule has 1 aromatic carbocycles. The lowest BCUT2D eigenvalue weighted by Gasteiger charge is -2.19. The summed E-state index contributed by atoms with van der Waals surface area (Å²) in [5, 5.41) is -0.223. The van der Waals surface area contributed by atoms with Gasteiger partial charge in [-0.25, -0.2) is 13.8 Å². The number of amides is 1. The van der Waals surface area contributed by atoms with Gasteiger partial charge in [0, 0.05) is 27.5 Å². The molecule has 7 nitrogen and oxygen atoms in total. The average molecular weight is 493 g/mol. The van der Waals surface area contributed by atoms with Crippen LogP contribution in [0.3, 0.4) is 0 Å². The number of pyridine rings is 3. The van der Waals surface area contributed by atoms with E-state index in [0.29, 0.717) is 12.3 Å². The second kappa shape index (κ2) is 8.46. The van der Waals surface area contributed by atoms with Crippen molar-refractivity contribution in [3.05, 3.63) is 81.0 Å². The lowest BCUT2D eigenvalue weighted by atomic mass is 10.0. The molecule has 0 fully saturated rings. The molecule has 0 aliphatic rings. The minimum absolute atomic E-state index is 0.0111. The highest BCUT2D eigenvalue weighted by Gasteiger charge is 2.36. The van der Waals surface area contributed by atoms with Crippen LogP contribution in [0.1, 0.15) is 31.4 Å². The van der Waals surface area contributed by atoms with Crippen molar-refractivity contribution in [1.82, 2.24) is 15.0 Å². The molecule has 3 aromatic heterocycles. The van der Waals surface area contributed by atoms with E-state index >= 15 is 0 Å². The van der Waals surface area contributed by atoms with Crippen LogP contribution in [0.2, 0.25) is 0 Å². The highest BCUT2D eigenvalue weighted by atomic mass is 19.4. The molecule has 180 valence electrons. The predicted octanol–water partition coefficient (Wildman–Crippen LogP) is 4.79. The van der Waals surface area contributed by atoms with Gasteiger partial charge in [0.15, 0.2) is 22.8 Å². The van der Waals surface area contributed by atoms with Crippen LogP contribution >= 0.6 is 0 Å². The van der Waals surface area contributed by atoms with Crippen LogP contribution in [0.4, 0.5) is 22.0 Å². The Morgan fingerprint density at radius 1 is 1.14 bits per heavy atom. The van der Waals surface area contributed by atoms with E-state index in [9.17, 15) is 31.5 Å². The summed E-state index contributed by atoms with van der Waals surface area (Å²) in [7, 11) is 0. The van der Waals surface area contributed by atoms with E-state index in [-0.39, 0.29) is 27.9 Å². The Morgan fingerprint density at radius 2 is 1.89 bits per heavy atom. The topological polar surface area (TPSA) is 111 Å². The molecule has 4 rings (SSSR count). The first-order valence-electron chi connectivity index (χ1n) is 11.2. The van der Waals surface area contributed by atoms with Crippen LogP contribution < -0.4 is 15.9 Å². The number of rotatable bonds is 4. The van der Waals surface area contributed by atoms with Crippen molar-refractivity contribution in [3.8, 4) is 22.8 Å². The highest BCUT2D eigenvalue weighted by molar-refractivity contribution is 6.03. The third kappa shape index (κ3) is 4.18. The molecular formula is C23H15F5N4O3. The number of H-pyrrole nitrogens is 1. The summed E-state index contributed by atoms with van der Waals surface area (Å²) in [5.41, 5.74) is 0.375. The smallest absolute Gasteiger partial charge is 0.433 e. The van der Waals surface area contributed by atoms with Gasteiger partial charge in [-0.2, -0.15) is 13.2 Å². The number of carbonyl (C=O) groups is 1. The van der Waals surface area contributed by atoms with Gasteiger partial charge in [0.25, 0.3) is 5.91 Å². The molecule has 0 spiro atoms. The summed E-state index contributed by atoms with van der Waals surface area (Å²) in [6.07, 6.45) is -3.19. The summed E-state index contributed by atoms with van der Waals surface area (Å²) < 4.78 is 97.5. The second-order valence-electron chi connectivity index (χ2n) is 7.30. The summed E-state index contributed by atoms with van der Waals surface area (Å²) >= 11 is 0. The molecule has 3 heterocycles. The minimum Gasteiger partial charge on any atom is -0.455 e. The summed E-state index contributed by atoms with van der Waals surface area (Å²) in [6.45, 7) is -2.18. The van der Waals surface area contributed by atoms with Crippen LogP contribution in [-0.2, 0) is 6.18 Å². The number of aromatic nitrogens is 3. The molecule has 35 heavy (non-hydrogen) atoms. The van der Waals surface area contributed by atoms with Gasteiger partial charge in [-0.1, -0.05) is 0 Å². The molecule has 0 aliphatic heterocycles. The van der Waals surface area contributed by atoms with E-state index in [2.05, 4.69) is 15.0 Å². The van der Waals surface area contributed by atoms with Crippen LogP contribution in [0.25, 0.3) is 22.2 Å². The van der Waals surface area contributed by atoms with Gasteiger partial charge in [0.05, 0.1) is 22.8 Å². The van der Waals surface area contributed by atoms with Gasteiger partial charge in [0.2, 0.25) is 0 Å². The van der Waals surface area contributed by atoms with Crippen molar-refractivity contribution in [1.29, 1.82) is 0 Å². The molecule has 1 amide bonds. The van der Waals surface area contributed by atoms with E-state index in [1.165, 1.54) is 6.07 Å². The second-order valence-corrected chi connectivity index (χ2v) is 7.30. The quantitative estimate of drug-likeness (QED) is 0.397. The van der Waals surface area contributed by atoms with Gasteiger partial charge < -0.3 is 15.5 Å². The molecule has 0 aliphatic carbocycles. The fourth-order valence-electron chi connectivity index (χ4n) is 3.54. The maximum Gasteiger partial charge on any atom is 0.433 e. The summed E-state index contributed by atoms with van der Waals surface area (Å²) in [6, 6.07) is 3.52. The molecule has 0 radical (unpaired) electrons. The first-order valence-corrected chi connectivity index (χ1v) is 9.66. The number of alkyl halides is 3. The third-order valence-electron chi connectivity index (χ3n) is 5.08. The maximum atomic E-state index is 14.4. The average Bonchev–Trinajstić information content (AvgIpc) is 2.79. The van der Waals surface area contributed by atoms with E-state index in [1.807, 2.05) is 0 Å². The summed E-state index contributed by atoms with van der Waals surface area (Å²) in [5.74, 6) is -5.46. The number of fused-ring (bicyclic) bond motifs is 1. The minimum atomic E-state index is -4.94. The molecule has 0 unspecified atom stereocenters. The Morgan fingerprint density at radius 3 is 2.54 bits per heavy atom.